The van der Waals surface area contributed by atoms with Gasteiger partial charge in [-0.1, -0.05) is 13.8 Å². The van der Waals surface area contributed by atoms with Crippen LogP contribution < -0.4 is 9.47 Å². The SMILES string of the molecule is COc1nc(C(C)C)c[n+]([O-])c1I. The minimum absolute atomic E-state index is 0.228. The van der Waals surface area contributed by atoms with Crippen molar-refractivity contribution in [2.75, 3.05) is 7.11 Å². The Bertz CT molecular complexity index is 315. The molecule has 0 saturated heterocycles. The minimum atomic E-state index is 0.228. The van der Waals surface area contributed by atoms with Gasteiger partial charge in [0.1, 0.15) is 5.69 Å². The van der Waals surface area contributed by atoms with Crippen LogP contribution in [0.2, 0.25) is 0 Å². The maximum Gasteiger partial charge on any atom is 0.314 e. The van der Waals surface area contributed by atoms with E-state index in [0.29, 0.717) is 9.58 Å². The van der Waals surface area contributed by atoms with Crippen LogP contribution in [0.4, 0.5) is 0 Å². The highest BCUT2D eigenvalue weighted by molar-refractivity contribution is 14.1. The molecule has 0 radical (unpaired) electrons. The zero-order valence-electron chi connectivity index (χ0n) is 7.74. The highest BCUT2D eigenvalue weighted by Gasteiger charge is 2.15. The molecule has 0 unspecified atom stereocenters. The van der Waals surface area contributed by atoms with E-state index in [1.54, 1.807) is 0 Å². The van der Waals surface area contributed by atoms with Crippen LogP contribution in [-0.2, 0) is 0 Å². The van der Waals surface area contributed by atoms with Crippen LogP contribution in [0.5, 0.6) is 5.88 Å². The van der Waals surface area contributed by atoms with E-state index >= 15 is 0 Å². The smallest absolute Gasteiger partial charge is 0.314 e. The van der Waals surface area contributed by atoms with Crippen molar-refractivity contribution in [2.45, 2.75) is 19.8 Å². The molecule has 4 nitrogen and oxygen atoms in total. The average Bonchev–Trinajstić information content (AvgIpc) is 2.09. The van der Waals surface area contributed by atoms with Crippen molar-refractivity contribution in [3.05, 3.63) is 20.8 Å². The predicted molar refractivity (Wildman–Crippen MR) is 56.6 cm³/mol. The average molecular weight is 294 g/mol. The Hall–Kier alpha value is -0.590. The van der Waals surface area contributed by atoms with Gasteiger partial charge < -0.3 is 9.94 Å². The number of hydrogen-bond donors (Lipinski definition) is 0. The molecule has 0 fully saturated rings. The first-order chi connectivity index (χ1) is 6.06. The summed E-state index contributed by atoms with van der Waals surface area (Å²) in [6.07, 6.45) is 1.48. The molecule has 0 bridgehead atoms. The van der Waals surface area contributed by atoms with E-state index in [9.17, 15) is 5.21 Å². The minimum Gasteiger partial charge on any atom is -0.618 e. The van der Waals surface area contributed by atoms with Gasteiger partial charge in [0.2, 0.25) is 6.20 Å². The summed E-state index contributed by atoms with van der Waals surface area (Å²) >= 11 is 1.91. The molecule has 13 heavy (non-hydrogen) atoms. The van der Waals surface area contributed by atoms with E-state index in [1.165, 1.54) is 13.3 Å². The number of hydrogen-bond acceptors (Lipinski definition) is 3. The zero-order chi connectivity index (χ0) is 10.0. The lowest BCUT2D eigenvalue weighted by molar-refractivity contribution is -0.620. The van der Waals surface area contributed by atoms with Crippen molar-refractivity contribution < 1.29 is 9.47 Å². The Balaban J connectivity index is 3.22. The number of nitrogens with zero attached hydrogens (tertiary/aromatic N) is 2. The lowest BCUT2D eigenvalue weighted by Gasteiger charge is -2.08. The molecule has 0 aliphatic heterocycles. The fraction of sp³-hybridized carbons (Fsp3) is 0.500. The third-order valence-corrected chi connectivity index (χ3v) is 2.57. The van der Waals surface area contributed by atoms with E-state index in [-0.39, 0.29) is 5.92 Å². The van der Waals surface area contributed by atoms with Crippen molar-refractivity contribution in [3.63, 3.8) is 0 Å². The highest BCUT2D eigenvalue weighted by Crippen LogP contribution is 2.17. The van der Waals surface area contributed by atoms with E-state index in [4.69, 9.17) is 4.74 Å². The van der Waals surface area contributed by atoms with E-state index < -0.39 is 0 Å². The third kappa shape index (κ3) is 2.20. The fourth-order valence-electron chi connectivity index (χ4n) is 0.871. The highest BCUT2D eigenvalue weighted by atomic mass is 127. The number of aromatic nitrogens is 2. The second-order valence-electron chi connectivity index (χ2n) is 2.95. The van der Waals surface area contributed by atoms with E-state index in [0.717, 1.165) is 10.4 Å². The molecule has 0 spiro atoms. The van der Waals surface area contributed by atoms with Gasteiger partial charge in [0.15, 0.2) is 0 Å². The first kappa shape index (κ1) is 10.5. The molecule has 1 aromatic rings. The zero-order valence-corrected chi connectivity index (χ0v) is 9.90. The molecule has 1 aromatic heterocycles. The van der Waals surface area contributed by atoms with Crippen LogP contribution in [-0.4, -0.2) is 12.1 Å². The Morgan fingerprint density at radius 2 is 2.23 bits per heavy atom. The molecule has 0 N–H and O–H groups in total. The van der Waals surface area contributed by atoms with Gasteiger partial charge in [0.05, 0.1) is 7.11 Å². The molecule has 72 valence electrons. The molecule has 0 atom stereocenters. The molecule has 0 aromatic carbocycles. The Kier molecular flexibility index (Phi) is 3.29. The first-order valence-corrected chi connectivity index (χ1v) is 4.97. The Morgan fingerprint density at radius 1 is 1.62 bits per heavy atom. The summed E-state index contributed by atoms with van der Waals surface area (Å²) in [6, 6.07) is 0. The first-order valence-electron chi connectivity index (χ1n) is 3.89. The predicted octanol–water partition coefficient (Wildman–Crippen LogP) is 1.45. The number of rotatable bonds is 2. The largest absolute Gasteiger partial charge is 0.618 e. The summed E-state index contributed by atoms with van der Waals surface area (Å²) in [5, 5.41) is 11.3. The Morgan fingerprint density at radius 3 is 2.69 bits per heavy atom. The van der Waals surface area contributed by atoms with E-state index in [2.05, 4.69) is 4.98 Å². The van der Waals surface area contributed by atoms with Gasteiger partial charge in [-0.05, 0) is 0 Å². The second kappa shape index (κ2) is 4.08. The quantitative estimate of drug-likeness (QED) is 0.471. The summed E-state index contributed by atoms with van der Waals surface area (Å²) in [5.41, 5.74) is 0.743. The standard InChI is InChI=1S/C8H11IN2O2/c1-5(2)6-4-11(12)7(9)8(10-6)13-3/h4-5H,1-3H3. The molecule has 5 heteroatoms. The van der Waals surface area contributed by atoms with Gasteiger partial charge in [-0.3, -0.25) is 0 Å². The van der Waals surface area contributed by atoms with Gasteiger partial charge >= 0.3 is 3.70 Å². The lowest BCUT2D eigenvalue weighted by atomic mass is 10.1. The van der Waals surface area contributed by atoms with Crippen molar-refractivity contribution >= 4 is 22.6 Å². The third-order valence-electron chi connectivity index (χ3n) is 1.64. The van der Waals surface area contributed by atoms with Gasteiger partial charge in [-0.25, -0.2) is 4.98 Å². The molecular weight excluding hydrogens is 283 g/mol. The van der Waals surface area contributed by atoms with Crippen LogP contribution in [0.15, 0.2) is 6.20 Å². The summed E-state index contributed by atoms with van der Waals surface area (Å²) in [6.45, 7) is 3.96. The van der Waals surface area contributed by atoms with Gasteiger partial charge in [-0.2, -0.15) is 4.73 Å². The number of halogens is 1. The lowest BCUT2D eigenvalue weighted by Crippen LogP contribution is -2.32. The molecule has 1 heterocycles. The van der Waals surface area contributed by atoms with Crippen LogP contribution >= 0.6 is 22.6 Å². The van der Waals surface area contributed by atoms with Gasteiger partial charge in [-0.15, -0.1) is 0 Å². The van der Waals surface area contributed by atoms with Crippen molar-refractivity contribution in [2.24, 2.45) is 0 Å². The van der Waals surface area contributed by atoms with Crippen molar-refractivity contribution in [1.29, 1.82) is 0 Å². The maximum atomic E-state index is 11.3. The molecule has 0 aliphatic rings. The summed E-state index contributed by atoms with van der Waals surface area (Å²) in [4.78, 5) is 4.20. The van der Waals surface area contributed by atoms with Crippen LogP contribution in [0.25, 0.3) is 0 Å². The maximum absolute atomic E-state index is 11.3. The summed E-state index contributed by atoms with van der Waals surface area (Å²) in [5.74, 6) is 0.618. The van der Waals surface area contributed by atoms with Crippen LogP contribution in [0.1, 0.15) is 25.5 Å². The number of methoxy groups -OCH3 is 1. The fourth-order valence-corrected chi connectivity index (χ4v) is 1.35. The molecular formula is C8H11IN2O2. The topological polar surface area (TPSA) is 49.1 Å². The number of ether oxygens (including phenoxy) is 1. The summed E-state index contributed by atoms with van der Waals surface area (Å²) in [7, 11) is 1.51. The molecule has 1 rings (SSSR count). The monoisotopic (exact) mass is 294 g/mol. The molecule has 0 aliphatic carbocycles. The van der Waals surface area contributed by atoms with Crippen LogP contribution in [0, 0.1) is 8.91 Å². The van der Waals surface area contributed by atoms with Gasteiger partial charge in [0.25, 0.3) is 5.88 Å². The summed E-state index contributed by atoms with van der Waals surface area (Å²) < 4.78 is 6.22. The van der Waals surface area contributed by atoms with Crippen LogP contribution in [0.3, 0.4) is 0 Å². The Labute approximate surface area is 90.7 Å². The molecule has 0 saturated carbocycles. The van der Waals surface area contributed by atoms with Crippen molar-refractivity contribution in [3.8, 4) is 5.88 Å². The molecule has 0 amide bonds. The normalized spacial score (nSPS) is 10.5. The second-order valence-corrected chi connectivity index (χ2v) is 3.97. The van der Waals surface area contributed by atoms with Gasteiger partial charge in [0, 0.05) is 28.5 Å². The van der Waals surface area contributed by atoms with E-state index in [1.807, 2.05) is 36.4 Å². The van der Waals surface area contributed by atoms with Crippen molar-refractivity contribution in [1.82, 2.24) is 4.98 Å².